The molecule has 0 unspecified atom stereocenters. The van der Waals surface area contributed by atoms with Crippen LogP contribution in [0.5, 0.6) is 11.5 Å². The van der Waals surface area contributed by atoms with Gasteiger partial charge in [-0.3, -0.25) is 9.59 Å². The van der Waals surface area contributed by atoms with E-state index < -0.39 is 11.9 Å². The molecule has 160 valence electrons. The Bertz CT molecular complexity index is 1080. The van der Waals surface area contributed by atoms with Crippen LogP contribution in [-0.2, 0) is 14.3 Å². The number of methoxy groups -OCH3 is 2. The summed E-state index contributed by atoms with van der Waals surface area (Å²) >= 11 is 4.48. The van der Waals surface area contributed by atoms with Crippen LogP contribution in [0.1, 0.15) is 15.9 Å². The van der Waals surface area contributed by atoms with Gasteiger partial charge in [0.25, 0.3) is 11.8 Å². The maximum absolute atomic E-state index is 12.3. The number of ether oxygens (including phenoxy) is 3. The summed E-state index contributed by atoms with van der Waals surface area (Å²) in [5.41, 5.74) is 1.06. The van der Waals surface area contributed by atoms with Gasteiger partial charge in [0.05, 0.1) is 19.1 Å². The third kappa shape index (κ3) is 5.74. The van der Waals surface area contributed by atoms with E-state index in [-0.39, 0.29) is 17.7 Å². The molecule has 31 heavy (non-hydrogen) atoms. The highest BCUT2D eigenvalue weighted by Crippen LogP contribution is 2.36. The molecule has 0 spiro atoms. The van der Waals surface area contributed by atoms with Crippen molar-refractivity contribution in [3.63, 3.8) is 0 Å². The zero-order chi connectivity index (χ0) is 22.4. The quantitative estimate of drug-likeness (QED) is 0.474. The molecule has 0 atom stereocenters. The maximum atomic E-state index is 12.3. The van der Waals surface area contributed by atoms with Gasteiger partial charge in [-0.1, -0.05) is 34.1 Å². The Morgan fingerprint density at radius 2 is 1.90 bits per heavy atom. The van der Waals surface area contributed by atoms with E-state index in [1.165, 1.54) is 14.2 Å². The van der Waals surface area contributed by atoms with Gasteiger partial charge in [0.1, 0.15) is 0 Å². The molecule has 0 radical (unpaired) electrons. The Kier molecular flexibility index (Phi) is 7.48. The summed E-state index contributed by atoms with van der Waals surface area (Å²) in [5.74, 6) is -0.641. The van der Waals surface area contributed by atoms with Crippen molar-refractivity contribution in [1.29, 1.82) is 0 Å². The number of amidine groups is 1. The van der Waals surface area contributed by atoms with Crippen molar-refractivity contribution in [1.82, 2.24) is 5.32 Å². The first-order chi connectivity index (χ1) is 14.9. The molecule has 1 aliphatic rings. The van der Waals surface area contributed by atoms with E-state index in [9.17, 15) is 14.4 Å². The molecular weight excluding hydrogens is 488 g/mol. The second kappa shape index (κ2) is 10.3. The molecule has 1 fully saturated rings. The minimum atomic E-state index is -0.528. The number of carbonyl (C=O) groups is 3. The van der Waals surface area contributed by atoms with E-state index in [0.29, 0.717) is 32.0 Å². The SMILES string of the molecule is COC(=O)COc1cc(Br)c(/C=C2\SC(=NC(=O)c3ccccc3)NC2=O)cc1OC. The molecule has 0 aliphatic carbocycles. The first-order valence-electron chi connectivity index (χ1n) is 8.87. The van der Waals surface area contributed by atoms with Gasteiger partial charge in [-0.05, 0) is 47.7 Å². The Balaban J connectivity index is 1.81. The monoisotopic (exact) mass is 504 g/mol. The van der Waals surface area contributed by atoms with Crippen LogP contribution in [0.15, 0.2) is 56.8 Å². The summed E-state index contributed by atoms with van der Waals surface area (Å²) in [5, 5.41) is 2.79. The zero-order valence-corrected chi connectivity index (χ0v) is 18.9. The summed E-state index contributed by atoms with van der Waals surface area (Å²) in [6.07, 6.45) is 1.63. The van der Waals surface area contributed by atoms with Crippen molar-refractivity contribution in [3.8, 4) is 11.5 Å². The number of halogens is 1. The molecule has 8 nitrogen and oxygen atoms in total. The van der Waals surface area contributed by atoms with Crippen LogP contribution in [0.2, 0.25) is 0 Å². The molecule has 2 aromatic carbocycles. The predicted molar refractivity (Wildman–Crippen MR) is 120 cm³/mol. The van der Waals surface area contributed by atoms with Crippen molar-refractivity contribution in [3.05, 3.63) is 63.0 Å². The lowest BCUT2D eigenvalue weighted by atomic mass is 10.2. The fourth-order valence-corrected chi connectivity index (χ4v) is 3.74. The lowest BCUT2D eigenvalue weighted by Crippen LogP contribution is -2.20. The van der Waals surface area contributed by atoms with Gasteiger partial charge in [0.15, 0.2) is 23.3 Å². The standard InChI is InChI=1S/C21H17BrN2O6S/c1-28-15-8-13(14(22)10-16(15)30-11-18(25)29-2)9-17-20(27)24-21(31-17)23-19(26)12-6-4-3-5-7-12/h3-10H,11H2,1-2H3,(H,23,24,26,27)/b17-9-. The Morgan fingerprint density at radius 1 is 1.16 bits per heavy atom. The molecule has 1 aliphatic heterocycles. The molecule has 1 saturated heterocycles. The zero-order valence-electron chi connectivity index (χ0n) is 16.5. The highest BCUT2D eigenvalue weighted by Gasteiger charge is 2.25. The second-order valence-corrected chi connectivity index (χ2v) is 7.93. The summed E-state index contributed by atoms with van der Waals surface area (Å²) in [6.45, 7) is -0.271. The van der Waals surface area contributed by atoms with Crippen LogP contribution >= 0.6 is 27.7 Å². The first-order valence-corrected chi connectivity index (χ1v) is 10.5. The number of nitrogens with one attached hydrogen (secondary N) is 1. The van der Waals surface area contributed by atoms with E-state index in [0.717, 1.165) is 11.8 Å². The molecule has 1 heterocycles. The lowest BCUT2D eigenvalue weighted by Gasteiger charge is -2.12. The number of hydrogen-bond acceptors (Lipinski definition) is 7. The molecule has 0 aromatic heterocycles. The van der Waals surface area contributed by atoms with Crippen LogP contribution < -0.4 is 14.8 Å². The number of hydrogen-bond donors (Lipinski definition) is 1. The highest BCUT2D eigenvalue weighted by atomic mass is 79.9. The predicted octanol–water partition coefficient (Wildman–Crippen LogP) is 3.41. The Labute approximate surface area is 190 Å². The second-order valence-electron chi connectivity index (χ2n) is 6.04. The molecule has 0 saturated carbocycles. The van der Waals surface area contributed by atoms with Crippen LogP contribution in [0, 0.1) is 0 Å². The first kappa shape index (κ1) is 22.6. The summed E-state index contributed by atoms with van der Waals surface area (Å²) in [6, 6.07) is 11.9. The molecular formula is C21H17BrN2O6S. The number of nitrogens with zero attached hydrogens (tertiary/aromatic N) is 1. The van der Waals surface area contributed by atoms with Gasteiger partial charge in [0.2, 0.25) is 0 Å². The van der Waals surface area contributed by atoms with Crippen molar-refractivity contribution >= 4 is 56.7 Å². The number of aliphatic imine (C=N–C) groups is 1. The molecule has 2 amide bonds. The topological polar surface area (TPSA) is 103 Å². The van der Waals surface area contributed by atoms with E-state index in [2.05, 4.69) is 31.0 Å². The number of benzene rings is 2. The minimum absolute atomic E-state index is 0.200. The van der Waals surface area contributed by atoms with Crippen molar-refractivity contribution in [2.75, 3.05) is 20.8 Å². The number of esters is 1. The smallest absolute Gasteiger partial charge is 0.343 e. The summed E-state index contributed by atoms with van der Waals surface area (Å²) in [7, 11) is 2.73. The average Bonchev–Trinajstić information content (AvgIpc) is 3.12. The molecule has 2 aromatic rings. The van der Waals surface area contributed by atoms with Gasteiger partial charge in [-0.15, -0.1) is 0 Å². The fourth-order valence-electron chi connectivity index (χ4n) is 2.49. The van der Waals surface area contributed by atoms with E-state index in [4.69, 9.17) is 9.47 Å². The molecule has 10 heteroatoms. The van der Waals surface area contributed by atoms with Gasteiger partial charge in [0, 0.05) is 10.0 Å². The van der Waals surface area contributed by atoms with Crippen molar-refractivity contribution < 1.29 is 28.6 Å². The van der Waals surface area contributed by atoms with Crippen LogP contribution in [0.25, 0.3) is 6.08 Å². The minimum Gasteiger partial charge on any atom is -0.493 e. The van der Waals surface area contributed by atoms with Crippen molar-refractivity contribution in [2.24, 2.45) is 4.99 Å². The van der Waals surface area contributed by atoms with Crippen LogP contribution in [0.3, 0.4) is 0 Å². The van der Waals surface area contributed by atoms with Gasteiger partial charge >= 0.3 is 5.97 Å². The molecule has 1 N–H and O–H groups in total. The Morgan fingerprint density at radius 3 is 2.58 bits per heavy atom. The largest absolute Gasteiger partial charge is 0.493 e. The molecule has 0 bridgehead atoms. The van der Waals surface area contributed by atoms with E-state index in [1.807, 2.05) is 0 Å². The number of carbonyl (C=O) groups excluding carboxylic acids is 3. The van der Waals surface area contributed by atoms with Gasteiger partial charge < -0.3 is 19.5 Å². The van der Waals surface area contributed by atoms with E-state index >= 15 is 0 Å². The number of rotatable bonds is 6. The lowest BCUT2D eigenvalue weighted by molar-refractivity contribution is -0.142. The average molecular weight is 505 g/mol. The van der Waals surface area contributed by atoms with Gasteiger partial charge in [-0.2, -0.15) is 4.99 Å². The third-order valence-corrected chi connectivity index (χ3v) is 5.61. The third-order valence-electron chi connectivity index (χ3n) is 4.02. The number of amides is 2. The summed E-state index contributed by atoms with van der Waals surface area (Å²) in [4.78, 5) is 40.2. The number of thioether (sulfide) groups is 1. The maximum Gasteiger partial charge on any atom is 0.343 e. The van der Waals surface area contributed by atoms with Crippen LogP contribution in [0.4, 0.5) is 0 Å². The van der Waals surface area contributed by atoms with Crippen LogP contribution in [-0.4, -0.2) is 43.8 Å². The van der Waals surface area contributed by atoms with E-state index in [1.54, 1.807) is 48.5 Å². The Hall–Kier alpha value is -3.11. The van der Waals surface area contributed by atoms with Gasteiger partial charge in [-0.25, -0.2) is 4.79 Å². The molecule has 3 rings (SSSR count). The summed E-state index contributed by atoms with van der Waals surface area (Å²) < 4.78 is 15.9. The highest BCUT2D eigenvalue weighted by molar-refractivity contribution is 9.10. The normalized spacial score (nSPS) is 15.6. The van der Waals surface area contributed by atoms with Crippen molar-refractivity contribution in [2.45, 2.75) is 0 Å². The fraction of sp³-hybridized carbons (Fsp3) is 0.143.